The van der Waals surface area contributed by atoms with Crippen LogP contribution in [0.3, 0.4) is 0 Å². The van der Waals surface area contributed by atoms with Crippen molar-refractivity contribution in [3.05, 3.63) is 53.2 Å². The maximum Gasteiger partial charge on any atom is 0.433 e. The summed E-state index contributed by atoms with van der Waals surface area (Å²) in [5, 5.41) is 0. The van der Waals surface area contributed by atoms with Gasteiger partial charge in [0, 0.05) is 44.3 Å². The normalized spacial score (nSPS) is 14.7. The first-order valence-electron chi connectivity index (χ1n) is 8.64. The minimum absolute atomic E-state index is 0.0852. The van der Waals surface area contributed by atoms with Crippen LogP contribution in [0.1, 0.15) is 21.6 Å². The number of hydrogen-bond acceptors (Lipinski definition) is 5. The van der Waals surface area contributed by atoms with Crippen molar-refractivity contribution >= 4 is 5.91 Å². The van der Waals surface area contributed by atoms with Gasteiger partial charge in [0.15, 0.2) is 0 Å². The summed E-state index contributed by atoms with van der Waals surface area (Å²) in [4.78, 5) is 17.7. The van der Waals surface area contributed by atoms with E-state index in [1.165, 1.54) is 12.1 Å². The molecular weight excluding hydrogens is 375 g/mol. The van der Waals surface area contributed by atoms with Crippen molar-refractivity contribution in [3.8, 4) is 11.6 Å². The first-order chi connectivity index (χ1) is 13.3. The van der Waals surface area contributed by atoms with E-state index < -0.39 is 11.9 Å². The third-order valence-corrected chi connectivity index (χ3v) is 4.34. The molecule has 0 bridgehead atoms. The van der Waals surface area contributed by atoms with E-state index in [1.54, 1.807) is 30.2 Å². The monoisotopic (exact) mass is 395 g/mol. The van der Waals surface area contributed by atoms with E-state index in [0.717, 1.165) is 6.07 Å². The average molecular weight is 395 g/mol. The minimum Gasteiger partial charge on any atom is -0.439 e. The van der Waals surface area contributed by atoms with Crippen molar-refractivity contribution in [2.24, 2.45) is 11.7 Å². The number of hydrogen-bond donors (Lipinski definition) is 1. The van der Waals surface area contributed by atoms with E-state index in [-0.39, 0.29) is 29.6 Å². The van der Waals surface area contributed by atoms with Crippen molar-refractivity contribution in [1.82, 2.24) is 9.88 Å². The number of alkyl halides is 3. The lowest BCUT2D eigenvalue weighted by atomic mass is 10.00. The predicted octanol–water partition coefficient (Wildman–Crippen LogP) is 3.07. The second-order valence-corrected chi connectivity index (χ2v) is 6.56. The molecule has 0 unspecified atom stereocenters. The number of carbonyl (C=O) groups is 1. The molecule has 0 spiro atoms. The molecule has 28 heavy (non-hydrogen) atoms. The number of rotatable bonds is 6. The van der Waals surface area contributed by atoms with Crippen LogP contribution in [0.25, 0.3) is 0 Å². The van der Waals surface area contributed by atoms with Gasteiger partial charge in [0.1, 0.15) is 11.4 Å². The molecule has 0 saturated carbocycles. The molecule has 6 nitrogen and oxygen atoms in total. The van der Waals surface area contributed by atoms with Gasteiger partial charge < -0.3 is 20.1 Å². The van der Waals surface area contributed by atoms with Crippen molar-refractivity contribution in [1.29, 1.82) is 0 Å². The molecule has 2 N–H and O–H groups in total. The Morgan fingerprint density at radius 3 is 2.68 bits per heavy atom. The zero-order valence-corrected chi connectivity index (χ0v) is 15.2. The summed E-state index contributed by atoms with van der Waals surface area (Å²) in [7, 11) is 1.61. The molecular formula is C19H20F3N3O3. The third-order valence-electron chi connectivity index (χ3n) is 4.34. The van der Waals surface area contributed by atoms with E-state index in [0.29, 0.717) is 31.2 Å². The van der Waals surface area contributed by atoms with Crippen LogP contribution < -0.4 is 10.5 Å². The minimum atomic E-state index is -4.61. The molecule has 1 aliphatic rings. The van der Waals surface area contributed by atoms with E-state index in [4.69, 9.17) is 15.2 Å². The first kappa shape index (κ1) is 20.1. The van der Waals surface area contributed by atoms with Crippen LogP contribution in [-0.2, 0) is 17.5 Å². The van der Waals surface area contributed by atoms with Gasteiger partial charge in [-0.05, 0) is 29.8 Å². The number of carbonyl (C=O) groups excluding carboxylic acids is 1. The van der Waals surface area contributed by atoms with Gasteiger partial charge in [0.2, 0.25) is 5.88 Å². The Balaban J connectivity index is 1.75. The van der Waals surface area contributed by atoms with Crippen LogP contribution in [0, 0.1) is 5.92 Å². The topological polar surface area (TPSA) is 77.7 Å². The predicted molar refractivity (Wildman–Crippen MR) is 94.9 cm³/mol. The SMILES string of the molecule is COCC1CN(C(=O)c2cccc(Oc3cc(CN)cc(C(F)(F)F)n3)c2)C1. The molecule has 0 aliphatic carbocycles. The fourth-order valence-electron chi connectivity index (χ4n) is 2.95. The number of aromatic nitrogens is 1. The van der Waals surface area contributed by atoms with Crippen LogP contribution in [0.4, 0.5) is 13.2 Å². The number of amides is 1. The molecule has 1 saturated heterocycles. The molecule has 3 rings (SSSR count). The van der Waals surface area contributed by atoms with Crippen LogP contribution in [-0.4, -0.2) is 42.6 Å². The Morgan fingerprint density at radius 1 is 1.29 bits per heavy atom. The Hall–Kier alpha value is -2.65. The fraction of sp³-hybridized carbons (Fsp3) is 0.368. The maximum absolute atomic E-state index is 13.0. The van der Waals surface area contributed by atoms with Gasteiger partial charge in [-0.15, -0.1) is 0 Å². The zero-order chi connectivity index (χ0) is 20.3. The number of nitrogens with zero attached hydrogens (tertiary/aromatic N) is 2. The van der Waals surface area contributed by atoms with E-state index >= 15 is 0 Å². The summed E-state index contributed by atoms with van der Waals surface area (Å²) < 4.78 is 49.5. The van der Waals surface area contributed by atoms with Crippen LogP contribution in [0.15, 0.2) is 36.4 Å². The zero-order valence-electron chi connectivity index (χ0n) is 15.2. The molecule has 0 radical (unpaired) electrons. The number of likely N-dealkylation sites (tertiary alicyclic amines) is 1. The molecule has 1 aliphatic heterocycles. The first-order valence-corrected chi connectivity index (χ1v) is 8.64. The Kier molecular flexibility index (Phi) is 5.85. The van der Waals surface area contributed by atoms with E-state index in [1.807, 2.05) is 0 Å². The lowest BCUT2D eigenvalue weighted by molar-refractivity contribution is -0.141. The molecule has 2 heterocycles. The van der Waals surface area contributed by atoms with Gasteiger partial charge in [0.05, 0.1) is 6.61 Å². The average Bonchev–Trinajstić information content (AvgIpc) is 2.63. The van der Waals surface area contributed by atoms with Crippen LogP contribution in [0.5, 0.6) is 11.6 Å². The summed E-state index contributed by atoms with van der Waals surface area (Å²) in [6.07, 6.45) is -4.61. The number of methoxy groups -OCH3 is 1. The Morgan fingerprint density at radius 2 is 2.04 bits per heavy atom. The molecule has 1 amide bonds. The maximum atomic E-state index is 13.0. The number of nitrogens with two attached hydrogens (primary N) is 1. The Bertz CT molecular complexity index is 852. The third kappa shape index (κ3) is 4.60. The van der Waals surface area contributed by atoms with Gasteiger partial charge in [-0.3, -0.25) is 4.79 Å². The van der Waals surface area contributed by atoms with Crippen molar-refractivity contribution in [2.75, 3.05) is 26.8 Å². The molecule has 1 aromatic carbocycles. The summed E-state index contributed by atoms with van der Waals surface area (Å²) >= 11 is 0. The van der Waals surface area contributed by atoms with Crippen molar-refractivity contribution in [2.45, 2.75) is 12.7 Å². The quantitative estimate of drug-likeness (QED) is 0.814. The van der Waals surface area contributed by atoms with Gasteiger partial charge in [-0.1, -0.05) is 6.07 Å². The van der Waals surface area contributed by atoms with Crippen LogP contribution in [0.2, 0.25) is 0 Å². The number of pyridine rings is 1. The van der Waals surface area contributed by atoms with E-state index in [2.05, 4.69) is 4.98 Å². The number of halogens is 3. The molecule has 0 atom stereocenters. The van der Waals surface area contributed by atoms with Crippen molar-refractivity contribution in [3.63, 3.8) is 0 Å². The van der Waals surface area contributed by atoms with Crippen LogP contribution >= 0.6 is 0 Å². The molecule has 1 aromatic heterocycles. The highest BCUT2D eigenvalue weighted by atomic mass is 19.4. The largest absolute Gasteiger partial charge is 0.439 e. The lowest BCUT2D eigenvalue weighted by Gasteiger charge is -2.38. The van der Waals surface area contributed by atoms with E-state index in [9.17, 15) is 18.0 Å². The van der Waals surface area contributed by atoms with Gasteiger partial charge in [-0.2, -0.15) is 13.2 Å². The summed E-state index contributed by atoms with van der Waals surface area (Å²) in [5.41, 5.74) is 5.02. The smallest absolute Gasteiger partial charge is 0.433 e. The molecule has 150 valence electrons. The number of benzene rings is 1. The standard InChI is InChI=1S/C19H20F3N3O3/c1-27-11-13-9-25(10-13)18(26)14-3-2-4-15(7-14)28-17-6-12(8-23)5-16(24-17)19(20,21)22/h2-7,13H,8-11,23H2,1H3. The second kappa shape index (κ2) is 8.15. The highest BCUT2D eigenvalue weighted by Crippen LogP contribution is 2.31. The summed E-state index contributed by atoms with van der Waals surface area (Å²) in [6.45, 7) is 1.72. The highest BCUT2D eigenvalue weighted by Gasteiger charge is 2.34. The van der Waals surface area contributed by atoms with Crippen molar-refractivity contribution < 1.29 is 27.4 Å². The second-order valence-electron chi connectivity index (χ2n) is 6.56. The van der Waals surface area contributed by atoms with Gasteiger partial charge >= 0.3 is 6.18 Å². The summed E-state index contributed by atoms with van der Waals surface area (Å²) in [6, 6.07) is 8.48. The highest BCUT2D eigenvalue weighted by molar-refractivity contribution is 5.95. The number of ether oxygens (including phenoxy) is 2. The van der Waals surface area contributed by atoms with Gasteiger partial charge in [0.25, 0.3) is 5.91 Å². The molecule has 1 fully saturated rings. The van der Waals surface area contributed by atoms with Gasteiger partial charge in [-0.25, -0.2) is 4.98 Å². The Labute approximate surface area is 160 Å². The fourth-order valence-corrected chi connectivity index (χ4v) is 2.95. The molecule has 2 aromatic rings. The lowest BCUT2D eigenvalue weighted by Crippen LogP contribution is -2.51. The summed E-state index contributed by atoms with van der Waals surface area (Å²) in [5.74, 6) is 0.133. The molecule has 9 heteroatoms.